The molecule has 0 aliphatic carbocycles. The minimum absolute atomic E-state index is 0. The molecule has 0 saturated heterocycles. The van der Waals surface area contributed by atoms with Crippen molar-refractivity contribution >= 4 is 35.8 Å². The van der Waals surface area contributed by atoms with Crippen molar-refractivity contribution < 1.29 is 14.3 Å². The molecule has 0 spiro atoms. The maximum atomic E-state index is 11.7. The molecule has 8 heteroatoms. The molecule has 1 atom stereocenters. The quantitative estimate of drug-likeness (QED) is 0.241. The topological polar surface area (TPSA) is 75.2 Å². The van der Waals surface area contributed by atoms with Crippen LogP contribution < -0.4 is 20.1 Å². The van der Waals surface area contributed by atoms with E-state index >= 15 is 0 Å². The second kappa shape index (κ2) is 13.2. The Hall–Kier alpha value is -1.97. The number of methoxy groups -OCH3 is 1. The Morgan fingerprint density at radius 1 is 1.30 bits per heavy atom. The van der Waals surface area contributed by atoms with Gasteiger partial charge in [-0.25, -0.2) is 4.99 Å². The van der Waals surface area contributed by atoms with Crippen molar-refractivity contribution in [2.75, 3.05) is 40.8 Å². The second-order valence-electron chi connectivity index (χ2n) is 6.25. The molecule has 0 fully saturated rings. The van der Waals surface area contributed by atoms with Crippen LogP contribution in [0.15, 0.2) is 41.4 Å². The second-order valence-corrected chi connectivity index (χ2v) is 6.25. The summed E-state index contributed by atoms with van der Waals surface area (Å²) in [6, 6.07) is 7.45. The zero-order valence-corrected chi connectivity index (χ0v) is 19.1. The zero-order chi connectivity index (χ0) is 19.5. The highest BCUT2D eigenvalue weighted by Gasteiger charge is 2.08. The van der Waals surface area contributed by atoms with Gasteiger partial charge in [0.15, 0.2) is 5.96 Å². The van der Waals surface area contributed by atoms with E-state index in [1.807, 2.05) is 38.1 Å². The molecule has 0 heterocycles. The Bertz CT molecular complexity index is 635. The SMILES string of the molecule is C=C(C)CNC(=NCC(=O)N(C)C)NCC(C)Oc1cccc(OC)c1.I. The predicted molar refractivity (Wildman–Crippen MR) is 120 cm³/mol. The number of rotatable bonds is 9. The van der Waals surface area contributed by atoms with Crippen molar-refractivity contribution in [3.63, 3.8) is 0 Å². The van der Waals surface area contributed by atoms with Crippen LogP contribution in [0, 0.1) is 0 Å². The summed E-state index contributed by atoms with van der Waals surface area (Å²) in [7, 11) is 5.03. The first-order chi connectivity index (χ1) is 12.3. The third-order valence-corrected chi connectivity index (χ3v) is 3.36. The molecule has 1 rings (SSSR count). The van der Waals surface area contributed by atoms with Crippen molar-refractivity contribution in [1.82, 2.24) is 15.5 Å². The minimum Gasteiger partial charge on any atom is -0.497 e. The molecular weight excluding hydrogens is 459 g/mol. The summed E-state index contributed by atoms with van der Waals surface area (Å²) in [5.74, 6) is 1.96. The van der Waals surface area contributed by atoms with Crippen LogP contribution in [0.3, 0.4) is 0 Å². The molecule has 0 saturated carbocycles. The summed E-state index contributed by atoms with van der Waals surface area (Å²) < 4.78 is 11.1. The fraction of sp³-hybridized carbons (Fsp3) is 0.474. The third kappa shape index (κ3) is 10.7. The number of nitrogens with one attached hydrogen (secondary N) is 2. The zero-order valence-electron chi connectivity index (χ0n) is 16.7. The Morgan fingerprint density at radius 3 is 2.56 bits per heavy atom. The molecule has 27 heavy (non-hydrogen) atoms. The average Bonchev–Trinajstić information content (AvgIpc) is 2.60. The summed E-state index contributed by atoms with van der Waals surface area (Å²) in [5, 5.41) is 6.33. The number of hydrogen-bond acceptors (Lipinski definition) is 4. The van der Waals surface area contributed by atoms with Gasteiger partial charge in [0.1, 0.15) is 24.1 Å². The maximum Gasteiger partial charge on any atom is 0.243 e. The van der Waals surface area contributed by atoms with Crippen LogP contribution in [0.4, 0.5) is 0 Å². The van der Waals surface area contributed by atoms with Crippen LogP contribution in [0.25, 0.3) is 0 Å². The molecule has 7 nitrogen and oxygen atoms in total. The van der Waals surface area contributed by atoms with E-state index in [-0.39, 0.29) is 42.5 Å². The van der Waals surface area contributed by atoms with Gasteiger partial charge in [-0.15, -0.1) is 24.0 Å². The van der Waals surface area contributed by atoms with Gasteiger partial charge in [0.25, 0.3) is 0 Å². The van der Waals surface area contributed by atoms with E-state index in [2.05, 4.69) is 22.2 Å². The van der Waals surface area contributed by atoms with Gasteiger partial charge in [-0.3, -0.25) is 4.79 Å². The molecule has 2 N–H and O–H groups in total. The highest BCUT2D eigenvalue weighted by molar-refractivity contribution is 14.0. The highest BCUT2D eigenvalue weighted by Crippen LogP contribution is 2.19. The van der Waals surface area contributed by atoms with Gasteiger partial charge >= 0.3 is 0 Å². The number of amides is 1. The molecular formula is C19H31IN4O3. The molecule has 1 aromatic carbocycles. The van der Waals surface area contributed by atoms with Crippen LogP contribution in [-0.2, 0) is 4.79 Å². The van der Waals surface area contributed by atoms with Gasteiger partial charge in [0.2, 0.25) is 5.91 Å². The summed E-state index contributed by atoms with van der Waals surface area (Å²) in [4.78, 5) is 17.6. The van der Waals surface area contributed by atoms with E-state index in [4.69, 9.17) is 9.47 Å². The van der Waals surface area contributed by atoms with E-state index < -0.39 is 0 Å². The first-order valence-corrected chi connectivity index (χ1v) is 8.49. The standard InChI is InChI=1S/C19H30N4O3.HI/c1-14(2)11-20-19(22-13-18(24)23(4)5)21-12-15(3)26-17-9-7-8-16(10-17)25-6;/h7-10,15H,1,11-13H2,2-6H3,(H2,20,21,22);1H. The maximum absolute atomic E-state index is 11.7. The molecule has 152 valence electrons. The smallest absolute Gasteiger partial charge is 0.243 e. The molecule has 0 aliphatic rings. The fourth-order valence-electron chi connectivity index (χ4n) is 1.89. The van der Waals surface area contributed by atoms with E-state index in [0.29, 0.717) is 19.0 Å². The molecule has 0 aliphatic heterocycles. The van der Waals surface area contributed by atoms with Crippen molar-refractivity contribution in [3.05, 3.63) is 36.4 Å². The Kier molecular flexibility index (Phi) is 12.3. The monoisotopic (exact) mass is 490 g/mol. The third-order valence-electron chi connectivity index (χ3n) is 3.36. The fourth-order valence-corrected chi connectivity index (χ4v) is 1.89. The van der Waals surface area contributed by atoms with Gasteiger partial charge < -0.3 is 25.0 Å². The molecule has 0 radical (unpaired) electrons. The number of hydrogen-bond donors (Lipinski definition) is 2. The summed E-state index contributed by atoms with van der Waals surface area (Å²) in [6.07, 6.45) is -0.108. The lowest BCUT2D eigenvalue weighted by molar-refractivity contribution is -0.127. The number of halogens is 1. The number of likely N-dealkylation sites (N-methyl/N-ethyl adjacent to an activating group) is 1. The van der Waals surface area contributed by atoms with E-state index in [1.54, 1.807) is 21.2 Å². The predicted octanol–water partition coefficient (Wildman–Crippen LogP) is 2.28. The lowest BCUT2D eigenvalue weighted by atomic mass is 10.3. The van der Waals surface area contributed by atoms with E-state index in [0.717, 1.165) is 17.1 Å². The number of carbonyl (C=O) groups excluding carboxylic acids is 1. The largest absolute Gasteiger partial charge is 0.497 e. The number of ether oxygens (including phenoxy) is 2. The van der Waals surface area contributed by atoms with Gasteiger partial charge in [-0.2, -0.15) is 0 Å². The van der Waals surface area contributed by atoms with Crippen LogP contribution in [0.2, 0.25) is 0 Å². The number of carbonyl (C=O) groups is 1. The van der Waals surface area contributed by atoms with Crippen LogP contribution in [0.1, 0.15) is 13.8 Å². The van der Waals surface area contributed by atoms with Gasteiger partial charge in [-0.1, -0.05) is 18.2 Å². The lowest BCUT2D eigenvalue weighted by Gasteiger charge is -2.18. The van der Waals surface area contributed by atoms with Gasteiger partial charge in [0.05, 0.1) is 13.7 Å². The minimum atomic E-state index is -0.108. The molecule has 1 amide bonds. The van der Waals surface area contributed by atoms with Crippen molar-refractivity contribution in [3.8, 4) is 11.5 Å². The van der Waals surface area contributed by atoms with Crippen molar-refractivity contribution in [2.24, 2.45) is 4.99 Å². The Balaban J connectivity index is 0.00000676. The lowest BCUT2D eigenvalue weighted by Crippen LogP contribution is -2.43. The molecule has 1 aromatic rings. The Morgan fingerprint density at radius 2 is 1.96 bits per heavy atom. The van der Waals surface area contributed by atoms with Crippen LogP contribution in [0.5, 0.6) is 11.5 Å². The van der Waals surface area contributed by atoms with Crippen molar-refractivity contribution in [1.29, 1.82) is 0 Å². The average molecular weight is 490 g/mol. The summed E-state index contributed by atoms with van der Waals surface area (Å²) >= 11 is 0. The highest BCUT2D eigenvalue weighted by atomic mass is 127. The molecule has 0 aromatic heterocycles. The number of aliphatic imine (C=N–C) groups is 1. The van der Waals surface area contributed by atoms with E-state index in [9.17, 15) is 4.79 Å². The first-order valence-electron chi connectivity index (χ1n) is 8.49. The molecule has 0 bridgehead atoms. The van der Waals surface area contributed by atoms with Crippen LogP contribution >= 0.6 is 24.0 Å². The van der Waals surface area contributed by atoms with Gasteiger partial charge in [0, 0.05) is 26.7 Å². The van der Waals surface area contributed by atoms with E-state index in [1.165, 1.54) is 4.90 Å². The first kappa shape index (κ1) is 25.0. The van der Waals surface area contributed by atoms with Crippen molar-refractivity contribution in [2.45, 2.75) is 20.0 Å². The normalized spacial score (nSPS) is 11.7. The number of guanidine groups is 1. The Labute approximate surface area is 179 Å². The summed E-state index contributed by atoms with van der Waals surface area (Å²) in [5.41, 5.74) is 0.971. The number of nitrogens with zero attached hydrogens (tertiary/aromatic N) is 2. The summed E-state index contributed by atoms with van der Waals surface area (Å²) in [6.45, 7) is 8.91. The number of benzene rings is 1. The van der Waals surface area contributed by atoms with Gasteiger partial charge in [-0.05, 0) is 26.0 Å². The molecule has 1 unspecified atom stereocenters. The van der Waals surface area contributed by atoms with Crippen LogP contribution in [-0.4, -0.2) is 63.7 Å².